The van der Waals surface area contributed by atoms with Crippen molar-refractivity contribution in [2.75, 3.05) is 26.7 Å². The molecule has 1 heterocycles. The van der Waals surface area contributed by atoms with Crippen LogP contribution in [0.25, 0.3) is 0 Å². The first-order chi connectivity index (χ1) is 10.8. The number of esters is 1. The molecule has 0 aliphatic rings. The van der Waals surface area contributed by atoms with Gasteiger partial charge in [-0.15, -0.1) is 0 Å². The number of aryl methyl sites for hydroxylation is 1. The number of hydrogen-bond donors (Lipinski definition) is 3. The van der Waals surface area contributed by atoms with E-state index in [-0.39, 0.29) is 18.4 Å². The summed E-state index contributed by atoms with van der Waals surface area (Å²) in [6, 6.07) is 3.54. The third-order valence-electron chi connectivity index (χ3n) is 3.34. The van der Waals surface area contributed by atoms with Crippen LogP contribution in [-0.4, -0.2) is 43.8 Å². The lowest BCUT2D eigenvalue weighted by atomic mass is 10.0. The summed E-state index contributed by atoms with van der Waals surface area (Å²) in [5.41, 5.74) is -1.20. The molecule has 2 unspecified atom stereocenters. The first kappa shape index (κ1) is 19.0. The monoisotopic (exact) mass is 325 g/mol. The maximum atomic E-state index is 11.4. The van der Waals surface area contributed by atoms with Crippen LogP contribution < -0.4 is 10.6 Å². The molecule has 0 bridgehead atoms. The van der Waals surface area contributed by atoms with E-state index >= 15 is 0 Å². The number of rotatable bonds is 7. The van der Waals surface area contributed by atoms with Crippen LogP contribution in [0.1, 0.15) is 32.3 Å². The van der Waals surface area contributed by atoms with Gasteiger partial charge in [0.1, 0.15) is 17.1 Å². The molecule has 23 heavy (non-hydrogen) atoms. The number of furan rings is 1. The van der Waals surface area contributed by atoms with Gasteiger partial charge in [-0.3, -0.25) is 4.79 Å². The van der Waals surface area contributed by atoms with E-state index in [9.17, 15) is 9.90 Å². The number of aliphatic hydroxyl groups is 1. The van der Waals surface area contributed by atoms with Gasteiger partial charge in [0.15, 0.2) is 5.96 Å². The topological polar surface area (TPSA) is 96.1 Å². The van der Waals surface area contributed by atoms with Crippen LogP contribution in [0.2, 0.25) is 0 Å². The second-order valence-corrected chi connectivity index (χ2v) is 5.68. The van der Waals surface area contributed by atoms with Crippen LogP contribution in [0.15, 0.2) is 21.5 Å². The quantitative estimate of drug-likeness (QED) is 0.395. The Kier molecular flexibility index (Phi) is 7.09. The fourth-order valence-electron chi connectivity index (χ4n) is 1.91. The smallest absolute Gasteiger partial charge is 0.310 e. The van der Waals surface area contributed by atoms with Gasteiger partial charge in [-0.25, -0.2) is 4.99 Å². The normalized spacial score (nSPS) is 15.7. The SMILES string of the molecule is CCNC(=NCC(C)(O)c1ccc(C)o1)NCC(C)C(=O)OC. The van der Waals surface area contributed by atoms with E-state index in [1.54, 1.807) is 26.0 Å². The molecule has 0 saturated carbocycles. The highest BCUT2D eigenvalue weighted by molar-refractivity contribution is 5.80. The molecule has 1 rings (SSSR count). The molecule has 2 atom stereocenters. The number of ether oxygens (including phenoxy) is 1. The predicted molar refractivity (Wildman–Crippen MR) is 88.2 cm³/mol. The highest BCUT2D eigenvalue weighted by atomic mass is 16.5. The van der Waals surface area contributed by atoms with E-state index in [0.29, 0.717) is 24.8 Å². The Balaban J connectivity index is 2.69. The van der Waals surface area contributed by atoms with Crippen molar-refractivity contribution in [1.82, 2.24) is 10.6 Å². The van der Waals surface area contributed by atoms with Gasteiger partial charge in [0.25, 0.3) is 0 Å². The summed E-state index contributed by atoms with van der Waals surface area (Å²) >= 11 is 0. The van der Waals surface area contributed by atoms with Crippen molar-refractivity contribution < 1.29 is 19.1 Å². The van der Waals surface area contributed by atoms with Gasteiger partial charge < -0.3 is 24.9 Å². The second-order valence-electron chi connectivity index (χ2n) is 5.68. The summed E-state index contributed by atoms with van der Waals surface area (Å²) in [6.45, 7) is 8.36. The average molecular weight is 325 g/mol. The number of guanidine groups is 1. The van der Waals surface area contributed by atoms with Gasteiger partial charge in [-0.1, -0.05) is 6.92 Å². The van der Waals surface area contributed by atoms with Crippen LogP contribution in [0, 0.1) is 12.8 Å². The Bertz CT molecular complexity index is 537. The zero-order chi connectivity index (χ0) is 17.5. The molecule has 0 radical (unpaired) electrons. The van der Waals surface area contributed by atoms with Crippen molar-refractivity contribution in [3.63, 3.8) is 0 Å². The van der Waals surface area contributed by atoms with Crippen LogP contribution in [0.3, 0.4) is 0 Å². The fraction of sp³-hybridized carbons (Fsp3) is 0.625. The fourth-order valence-corrected chi connectivity index (χ4v) is 1.91. The number of hydrogen-bond acceptors (Lipinski definition) is 5. The number of carbonyl (C=O) groups is 1. The number of methoxy groups -OCH3 is 1. The number of carbonyl (C=O) groups excluding carboxylic acids is 1. The highest BCUT2D eigenvalue weighted by Crippen LogP contribution is 2.22. The van der Waals surface area contributed by atoms with Gasteiger partial charge in [0.05, 0.1) is 19.6 Å². The van der Waals surface area contributed by atoms with Crippen LogP contribution >= 0.6 is 0 Å². The Morgan fingerprint density at radius 1 is 1.48 bits per heavy atom. The molecule has 1 aromatic heterocycles. The molecular formula is C16H27N3O4. The lowest BCUT2D eigenvalue weighted by Crippen LogP contribution is -2.41. The van der Waals surface area contributed by atoms with Crippen molar-refractivity contribution >= 4 is 11.9 Å². The zero-order valence-electron chi connectivity index (χ0n) is 14.5. The summed E-state index contributed by atoms with van der Waals surface area (Å²) in [7, 11) is 1.36. The first-order valence-electron chi connectivity index (χ1n) is 7.69. The molecule has 7 nitrogen and oxygen atoms in total. The van der Waals surface area contributed by atoms with E-state index in [4.69, 9.17) is 4.42 Å². The molecule has 0 amide bonds. The average Bonchev–Trinajstić information content (AvgIpc) is 2.96. The molecule has 1 aromatic rings. The molecular weight excluding hydrogens is 298 g/mol. The minimum absolute atomic E-state index is 0.127. The Morgan fingerprint density at radius 2 is 2.17 bits per heavy atom. The van der Waals surface area contributed by atoms with E-state index < -0.39 is 5.60 Å². The minimum Gasteiger partial charge on any atom is -0.469 e. The predicted octanol–water partition coefficient (Wildman–Crippen LogP) is 1.16. The third kappa shape index (κ3) is 5.94. The number of nitrogens with zero attached hydrogens (tertiary/aromatic N) is 1. The summed E-state index contributed by atoms with van der Waals surface area (Å²) in [4.78, 5) is 15.8. The number of aliphatic imine (C=N–C) groups is 1. The Labute approximate surface area is 137 Å². The summed E-state index contributed by atoms with van der Waals surface area (Å²) < 4.78 is 10.2. The van der Waals surface area contributed by atoms with Crippen LogP contribution in [-0.2, 0) is 15.1 Å². The lowest BCUT2D eigenvalue weighted by molar-refractivity contribution is -0.144. The van der Waals surface area contributed by atoms with Gasteiger partial charge in [-0.05, 0) is 32.9 Å². The van der Waals surface area contributed by atoms with Gasteiger partial charge in [0.2, 0.25) is 0 Å². The maximum absolute atomic E-state index is 11.4. The van der Waals surface area contributed by atoms with E-state index in [0.717, 1.165) is 5.76 Å². The molecule has 0 saturated heterocycles. The van der Waals surface area contributed by atoms with Gasteiger partial charge in [0, 0.05) is 13.1 Å². The molecule has 0 aromatic carbocycles. The largest absolute Gasteiger partial charge is 0.469 e. The maximum Gasteiger partial charge on any atom is 0.310 e. The first-order valence-corrected chi connectivity index (χ1v) is 7.69. The Hall–Kier alpha value is -2.02. The van der Waals surface area contributed by atoms with E-state index in [2.05, 4.69) is 20.4 Å². The van der Waals surface area contributed by atoms with Crippen molar-refractivity contribution in [3.8, 4) is 0 Å². The molecule has 3 N–H and O–H groups in total. The van der Waals surface area contributed by atoms with Gasteiger partial charge >= 0.3 is 5.97 Å². The summed E-state index contributed by atoms with van der Waals surface area (Å²) in [5.74, 6) is 1.15. The molecule has 0 aliphatic heterocycles. The lowest BCUT2D eigenvalue weighted by Gasteiger charge is -2.20. The molecule has 0 fully saturated rings. The van der Waals surface area contributed by atoms with Gasteiger partial charge in [-0.2, -0.15) is 0 Å². The van der Waals surface area contributed by atoms with Crippen molar-refractivity contribution in [2.45, 2.75) is 33.3 Å². The molecule has 7 heteroatoms. The van der Waals surface area contributed by atoms with Crippen molar-refractivity contribution in [3.05, 3.63) is 23.7 Å². The van der Waals surface area contributed by atoms with Crippen LogP contribution in [0.5, 0.6) is 0 Å². The second kappa shape index (κ2) is 8.57. The molecule has 0 aliphatic carbocycles. The highest BCUT2D eigenvalue weighted by Gasteiger charge is 2.26. The van der Waals surface area contributed by atoms with E-state index in [1.807, 2.05) is 13.8 Å². The molecule has 130 valence electrons. The molecule has 0 spiro atoms. The zero-order valence-corrected chi connectivity index (χ0v) is 14.5. The van der Waals surface area contributed by atoms with E-state index in [1.165, 1.54) is 7.11 Å². The number of nitrogens with one attached hydrogen (secondary N) is 2. The van der Waals surface area contributed by atoms with Crippen molar-refractivity contribution in [1.29, 1.82) is 0 Å². The standard InChI is InChI=1S/C16H27N3O4/c1-6-17-15(18-9-11(2)14(20)22-5)19-10-16(4,21)13-8-7-12(3)23-13/h7-8,11,21H,6,9-10H2,1-5H3,(H2,17,18,19). The van der Waals surface area contributed by atoms with Crippen LogP contribution in [0.4, 0.5) is 0 Å². The minimum atomic E-state index is -1.20. The third-order valence-corrected chi connectivity index (χ3v) is 3.34. The van der Waals surface area contributed by atoms with Crippen molar-refractivity contribution in [2.24, 2.45) is 10.9 Å². The Morgan fingerprint density at radius 3 is 2.70 bits per heavy atom. The summed E-state index contributed by atoms with van der Waals surface area (Å²) in [5, 5.41) is 16.6. The summed E-state index contributed by atoms with van der Waals surface area (Å²) in [6.07, 6.45) is 0.